The molecule has 2 aromatic heterocycles. The first-order valence-corrected chi connectivity index (χ1v) is 8.42. The average Bonchev–Trinajstić information content (AvgIpc) is 3.08. The highest BCUT2D eigenvalue weighted by atomic mass is 32.1. The molecule has 1 amide bonds. The number of carbonyl (C=O) groups is 1. The minimum atomic E-state index is -0.141. The summed E-state index contributed by atoms with van der Waals surface area (Å²) >= 11 is 1.67. The number of pyridine rings is 1. The minimum Gasteiger partial charge on any atom is -0.349 e. The highest BCUT2D eigenvalue weighted by molar-refractivity contribution is 7.07. The maximum atomic E-state index is 12.4. The molecule has 0 radical (unpaired) electrons. The van der Waals surface area contributed by atoms with E-state index in [1.165, 1.54) is 5.56 Å². The zero-order chi connectivity index (χ0) is 16.2. The molecule has 0 aliphatic heterocycles. The van der Waals surface area contributed by atoms with Crippen molar-refractivity contribution in [3.63, 3.8) is 0 Å². The van der Waals surface area contributed by atoms with E-state index >= 15 is 0 Å². The summed E-state index contributed by atoms with van der Waals surface area (Å²) in [6.45, 7) is 0.553. The Balaban J connectivity index is 1.72. The van der Waals surface area contributed by atoms with Crippen LogP contribution in [0, 0.1) is 0 Å². The molecule has 0 aliphatic carbocycles. The van der Waals surface area contributed by atoms with Gasteiger partial charge in [0.2, 0.25) is 0 Å². The van der Waals surface area contributed by atoms with Gasteiger partial charge < -0.3 is 10.2 Å². The molecule has 0 saturated heterocycles. The molecule has 1 unspecified atom stereocenters. The summed E-state index contributed by atoms with van der Waals surface area (Å²) in [6.07, 6.45) is 0. The summed E-state index contributed by atoms with van der Waals surface area (Å²) in [5.74, 6) is -0.141. The maximum Gasteiger partial charge on any atom is 0.269 e. The van der Waals surface area contributed by atoms with E-state index in [0.29, 0.717) is 12.2 Å². The third-order valence-electron chi connectivity index (χ3n) is 3.84. The Labute approximate surface area is 139 Å². The fourth-order valence-electron chi connectivity index (χ4n) is 2.54. The second-order valence-electron chi connectivity index (χ2n) is 5.64. The van der Waals surface area contributed by atoms with Crippen molar-refractivity contribution < 1.29 is 4.79 Å². The van der Waals surface area contributed by atoms with Crippen molar-refractivity contribution in [3.8, 4) is 0 Å². The molecule has 0 fully saturated rings. The minimum absolute atomic E-state index is 0.141. The van der Waals surface area contributed by atoms with Crippen LogP contribution in [0.4, 0.5) is 0 Å². The van der Waals surface area contributed by atoms with Gasteiger partial charge in [0.15, 0.2) is 0 Å². The lowest BCUT2D eigenvalue weighted by Crippen LogP contribution is -2.34. The first kappa shape index (κ1) is 15.6. The molecule has 0 saturated carbocycles. The van der Waals surface area contributed by atoms with Crippen LogP contribution in [0.2, 0.25) is 0 Å². The van der Waals surface area contributed by atoms with Gasteiger partial charge in [0.25, 0.3) is 5.91 Å². The number of likely N-dealkylation sites (N-methyl/N-ethyl adjacent to an activating group) is 1. The molecule has 4 nitrogen and oxygen atoms in total. The SMILES string of the molecule is CN(C)C(CNC(=O)c1ccc2ccccc2n1)c1ccsc1. The number of nitrogens with one attached hydrogen (secondary N) is 1. The van der Waals surface area contributed by atoms with Crippen molar-refractivity contribution in [2.75, 3.05) is 20.6 Å². The van der Waals surface area contributed by atoms with Crippen molar-refractivity contribution >= 4 is 28.1 Å². The van der Waals surface area contributed by atoms with E-state index in [1.54, 1.807) is 17.4 Å². The van der Waals surface area contributed by atoms with Crippen LogP contribution >= 0.6 is 11.3 Å². The van der Waals surface area contributed by atoms with Gasteiger partial charge in [0, 0.05) is 11.9 Å². The van der Waals surface area contributed by atoms with Gasteiger partial charge in [0.05, 0.1) is 11.6 Å². The van der Waals surface area contributed by atoms with Gasteiger partial charge in [-0.1, -0.05) is 24.3 Å². The Bertz CT molecular complexity index is 799. The van der Waals surface area contributed by atoms with E-state index in [2.05, 4.69) is 32.0 Å². The smallest absolute Gasteiger partial charge is 0.269 e. The Hall–Kier alpha value is -2.24. The predicted molar refractivity (Wildman–Crippen MR) is 94.8 cm³/mol. The Morgan fingerprint density at radius 1 is 1.22 bits per heavy atom. The number of para-hydroxylation sites is 1. The number of hydrogen-bond acceptors (Lipinski definition) is 4. The molecule has 118 valence electrons. The molecule has 0 aliphatic rings. The molecular weight excluding hydrogens is 306 g/mol. The molecule has 1 atom stereocenters. The number of amides is 1. The normalized spacial score (nSPS) is 12.5. The Kier molecular flexibility index (Phi) is 4.69. The Morgan fingerprint density at radius 2 is 2.04 bits per heavy atom. The van der Waals surface area contributed by atoms with E-state index in [1.807, 2.05) is 44.4 Å². The molecule has 0 bridgehead atoms. The second-order valence-corrected chi connectivity index (χ2v) is 6.42. The van der Waals surface area contributed by atoms with Crippen molar-refractivity contribution in [2.45, 2.75) is 6.04 Å². The lowest BCUT2D eigenvalue weighted by Gasteiger charge is -2.23. The Morgan fingerprint density at radius 3 is 2.78 bits per heavy atom. The van der Waals surface area contributed by atoms with Gasteiger partial charge in [-0.05, 0) is 48.6 Å². The van der Waals surface area contributed by atoms with E-state index in [9.17, 15) is 4.79 Å². The molecule has 2 heterocycles. The summed E-state index contributed by atoms with van der Waals surface area (Å²) in [7, 11) is 4.03. The van der Waals surface area contributed by atoms with Crippen LogP contribution in [0.3, 0.4) is 0 Å². The molecule has 3 rings (SSSR count). The monoisotopic (exact) mass is 325 g/mol. The topological polar surface area (TPSA) is 45.2 Å². The lowest BCUT2D eigenvalue weighted by atomic mass is 10.1. The third-order valence-corrected chi connectivity index (χ3v) is 4.54. The van der Waals surface area contributed by atoms with Crippen LogP contribution in [0.25, 0.3) is 10.9 Å². The second kappa shape index (κ2) is 6.89. The number of nitrogens with zero attached hydrogens (tertiary/aromatic N) is 2. The van der Waals surface area contributed by atoms with Crippen LogP contribution in [-0.2, 0) is 0 Å². The molecule has 23 heavy (non-hydrogen) atoms. The van der Waals surface area contributed by atoms with Gasteiger partial charge >= 0.3 is 0 Å². The molecule has 5 heteroatoms. The number of hydrogen-bond donors (Lipinski definition) is 1. The zero-order valence-electron chi connectivity index (χ0n) is 13.2. The summed E-state index contributed by atoms with van der Waals surface area (Å²) in [5, 5.41) is 8.20. The largest absolute Gasteiger partial charge is 0.349 e. The van der Waals surface area contributed by atoms with E-state index in [-0.39, 0.29) is 11.9 Å². The number of thiophene rings is 1. The standard InChI is InChI=1S/C18H19N3OS/c1-21(2)17(14-9-10-23-12-14)11-19-18(22)16-8-7-13-5-3-4-6-15(13)20-16/h3-10,12,17H,11H2,1-2H3,(H,19,22). The van der Waals surface area contributed by atoms with Gasteiger partial charge in [-0.3, -0.25) is 4.79 Å². The zero-order valence-corrected chi connectivity index (χ0v) is 14.0. The van der Waals surface area contributed by atoms with E-state index in [0.717, 1.165) is 10.9 Å². The fourth-order valence-corrected chi connectivity index (χ4v) is 3.24. The third kappa shape index (κ3) is 3.57. The summed E-state index contributed by atoms with van der Waals surface area (Å²) in [5.41, 5.74) is 2.50. The van der Waals surface area contributed by atoms with Gasteiger partial charge in [-0.15, -0.1) is 0 Å². The summed E-state index contributed by atoms with van der Waals surface area (Å²) < 4.78 is 0. The van der Waals surface area contributed by atoms with Crippen molar-refractivity contribution in [1.82, 2.24) is 15.2 Å². The summed E-state index contributed by atoms with van der Waals surface area (Å²) in [6, 6.07) is 13.7. The molecular formula is C18H19N3OS. The highest BCUT2D eigenvalue weighted by Crippen LogP contribution is 2.20. The fraction of sp³-hybridized carbons (Fsp3) is 0.222. The van der Waals surface area contributed by atoms with Crippen molar-refractivity contribution in [2.24, 2.45) is 0 Å². The highest BCUT2D eigenvalue weighted by Gasteiger charge is 2.16. The first-order valence-electron chi connectivity index (χ1n) is 7.47. The number of carbonyl (C=O) groups excluding carboxylic acids is 1. The van der Waals surface area contributed by atoms with Gasteiger partial charge in [-0.25, -0.2) is 4.98 Å². The lowest BCUT2D eigenvalue weighted by molar-refractivity contribution is 0.0937. The quantitative estimate of drug-likeness (QED) is 0.782. The maximum absolute atomic E-state index is 12.4. The van der Waals surface area contributed by atoms with Gasteiger partial charge in [-0.2, -0.15) is 11.3 Å². The molecule has 1 N–H and O–H groups in total. The van der Waals surface area contributed by atoms with Gasteiger partial charge in [0.1, 0.15) is 5.69 Å². The van der Waals surface area contributed by atoms with Crippen LogP contribution in [0.1, 0.15) is 22.1 Å². The number of fused-ring (bicyclic) bond motifs is 1. The number of rotatable bonds is 5. The predicted octanol–water partition coefficient (Wildman–Crippen LogP) is 3.33. The van der Waals surface area contributed by atoms with Crippen LogP contribution in [0.15, 0.2) is 53.2 Å². The van der Waals surface area contributed by atoms with Crippen LogP contribution in [-0.4, -0.2) is 36.4 Å². The summed E-state index contributed by atoms with van der Waals surface area (Å²) in [4.78, 5) is 18.9. The number of aromatic nitrogens is 1. The van der Waals surface area contributed by atoms with Crippen LogP contribution < -0.4 is 5.32 Å². The average molecular weight is 325 g/mol. The molecule has 0 spiro atoms. The van der Waals surface area contributed by atoms with Crippen molar-refractivity contribution in [3.05, 3.63) is 64.5 Å². The molecule has 3 aromatic rings. The molecule has 1 aromatic carbocycles. The van der Waals surface area contributed by atoms with E-state index < -0.39 is 0 Å². The van der Waals surface area contributed by atoms with Crippen LogP contribution in [0.5, 0.6) is 0 Å². The number of benzene rings is 1. The van der Waals surface area contributed by atoms with Crippen molar-refractivity contribution in [1.29, 1.82) is 0 Å². The first-order chi connectivity index (χ1) is 11.1. The van der Waals surface area contributed by atoms with E-state index in [4.69, 9.17) is 0 Å².